The van der Waals surface area contributed by atoms with Gasteiger partial charge >= 0.3 is 0 Å². The number of hydrogen-bond acceptors (Lipinski definition) is 4. The summed E-state index contributed by atoms with van der Waals surface area (Å²) in [6.07, 6.45) is -3.23. The molecule has 1 rings (SSSR count). The zero-order valence-corrected chi connectivity index (χ0v) is 11.6. The van der Waals surface area contributed by atoms with Crippen molar-refractivity contribution in [1.82, 2.24) is 5.32 Å². The van der Waals surface area contributed by atoms with Crippen LogP contribution in [0.1, 0.15) is 5.56 Å². The molecule has 0 heterocycles. The minimum absolute atomic E-state index is 0.0548. The van der Waals surface area contributed by atoms with E-state index in [0.29, 0.717) is 12.1 Å². The molecule has 2 N–H and O–H groups in total. The quantitative estimate of drug-likeness (QED) is 0.609. The molecule has 0 fully saturated rings. The minimum Gasteiger partial charge on any atom is -0.389 e. The average molecular weight is 307 g/mol. The van der Waals surface area contributed by atoms with Gasteiger partial charge in [0.15, 0.2) is 0 Å². The van der Waals surface area contributed by atoms with E-state index in [0.717, 1.165) is 0 Å². The predicted octanol–water partition coefficient (Wildman–Crippen LogP) is 1.57. The molecule has 0 bridgehead atoms. The van der Waals surface area contributed by atoms with Gasteiger partial charge in [0.1, 0.15) is 12.4 Å². The van der Waals surface area contributed by atoms with E-state index in [2.05, 4.69) is 10.1 Å². The molecule has 1 aromatic rings. The van der Waals surface area contributed by atoms with E-state index >= 15 is 0 Å². The second-order valence-corrected chi connectivity index (χ2v) is 4.43. The third-order valence-electron chi connectivity index (χ3n) is 2.57. The second kappa shape index (κ2) is 10.6. The molecule has 21 heavy (non-hydrogen) atoms. The number of hydrogen-bond donors (Lipinski definition) is 2. The van der Waals surface area contributed by atoms with Crippen molar-refractivity contribution in [2.24, 2.45) is 0 Å². The van der Waals surface area contributed by atoms with Crippen LogP contribution in [0.15, 0.2) is 24.3 Å². The lowest BCUT2D eigenvalue weighted by molar-refractivity contribution is 0.0136. The van der Waals surface area contributed by atoms with Crippen molar-refractivity contribution in [3.63, 3.8) is 0 Å². The summed E-state index contributed by atoms with van der Waals surface area (Å²) in [6, 6.07) is 6.25. The maximum Gasteiger partial charge on any atom is 0.261 e. The fourth-order valence-electron chi connectivity index (χ4n) is 1.56. The highest BCUT2D eigenvalue weighted by Gasteiger charge is 2.06. The SMILES string of the molecule is OC(CNCCOCC(F)F)COCc1ccccc1F. The molecule has 0 saturated carbocycles. The van der Waals surface area contributed by atoms with E-state index in [1.807, 2.05) is 0 Å². The van der Waals surface area contributed by atoms with Gasteiger partial charge in [0.05, 0.1) is 25.9 Å². The number of benzene rings is 1. The van der Waals surface area contributed by atoms with Gasteiger partial charge in [-0.25, -0.2) is 13.2 Å². The van der Waals surface area contributed by atoms with Gasteiger partial charge in [-0.2, -0.15) is 0 Å². The van der Waals surface area contributed by atoms with Gasteiger partial charge in [0, 0.05) is 18.7 Å². The Bertz CT molecular complexity index is 393. The molecule has 120 valence electrons. The standard InChI is InChI=1S/C14H20F3NO3/c15-13-4-2-1-3-11(13)8-21-9-12(19)7-18-5-6-20-10-14(16)17/h1-4,12,14,18-19H,5-10H2. The first-order chi connectivity index (χ1) is 10.1. The van der Waals surface area contributed by atoms with E-state index in [9.17, 15) is 18.3 Å². The van der Waals surface area contributed by atoms with E-state index < -0.39 is 19.1 Å². The van der Waals surface area contributed by atoms with Crippen molar-refractivity contribution in [3.05, 3.63) is 35.6 Å². The van der Waals surface area contributed by atoms with Crippen molar-refractivity contribution in [1.29, 1.82) is 0 Å². The van der Waals surface area contributed by atoms with Crippen LogP contribution in [0.4, 0.5) is 13.2 Å². The summed E-state index contributed by atoms with van der Waals surface area (Å²) in [7, 11) is 0. The maximum absolute atomic E-state index is 13.3. The molecule has 7 heteroatoms. The first-order valence-corrected chi connectivity index (χ1v) is 6.65. The summed E-state index contributed by atoms with van der Waals surface area (Å²) in [4.78, 5) is 0. The van der Waals surface area contributed by atoms with E-state index in [-0.39, 0.29) is 32.2 Å². The number of nitrogens with one attached hydrogen (secondary N) is 1. The highest BCUT2D eigenvalue weighted by atomic mass is 19.3. The average Bonchev–Trinajstić information content (AvgIpc) is 2.44. The van der Waals surface area contributed by atoms with Gasteiger partial charge in [0.2, 0.25) is 0 Å². The molecular formula is C14H20F3NO3. The highest BCUT2D eigenvalue weighted by Crippen LogP contribution is 2.07. The van der Waals surface area contributed by atoms with Crippen LogP contribution in [0.2, 0.25) is 0 Å². The first-order valence-electron chi connectivity index (χ1n) is 6.65. The Morgan fingerprint density at radius 2 is 1.90 bits per heavy atom. The summed E-state index contributed by atoms with van der Waals surface area (Å²) in [5.74, 6) is -0.346. The molecule has 0 aliphatic carbocycles. The van der Waals surface area contributed by atoms with Crippen LogP contribution in [0.25, 0.3) is 0 Å². The highest BCUT2D eigenvalue weighted by molar-refractivity contribution is 5.16. The lowest BCUT2D eigenvalue weighted by Gasteiger charge is -2.12. The number of ether oxygens (including phenoxy) is 2. The Labute approximate surface area is 121 Å². The van der Waals surface area contributed by atoms with Crippen molar-refractivity contribution in [2.45, 2.75) is 19.1 Å². The zero-order chi connectivity index (χ0) is 15.5. The Kier molecular flexibility index (Phi) is 9.00. The van der Waals surface area contributed by atoms with Crippen LogP contribution in [-0.4, -0.2) is 50.5 Å². The molecule has 0 aromatic heterocycles. The topological polar surface area (TPSA) is 50.7 Å². The lowest BCUT2D eigenvalue weighted by Crippen LogP contribution is -2.32. The number of halogens is 3. The number of rotatable bonds is 11. The van der Waals surface area contributed by atoms with Crippen molar-refractivity contribution in [2.75, 3.05) is 32.9 Å². The van der Waals surface area contributed by atoms with Crippen LogP contribution in [0.3, 0.4) is 0 Å². The summed E-state index contributed by atoms with van der Waals surface area (Å²) in [5, 5.41) is 12.4. The van der Waals surface area contributed by atoms with E-state index in [1.54, 1.807) is 18.2 Å². The Morgan fingerprint density at radius 1 is 1.14 bits per heavy atom. The molecule has 0 saturated heterocycles. The molecule has 0 radical (unpaired) electrons. The van der Waals surface area contributed by atoms with Crippen LogP contribution in [0, 0.1) is 5.82 Å². The monoisotopic (exact) mass is 307 g/mol. The lowest BCUT2D eigenvalue weighted by atomic mass is 10.2. The van der Waals surface area contributed by atoms with Crippen molar-refractivity contribution >= 4 is 0 Å². The smallest absolute Gasteiger partial charge is 0.261 e. The van der Waals surface area contributed by atoms with Gasteiger partial charge in [-0.1, -0.05) is 18.2 Å². The fraction of sp³-hybridized carbons (Fsp3) is 0.571. The van der Waals surface area contributed by atoms with Crippen LogP contribution < -0.4 is 5.32 Å². The van der Waals surface area contributed by atoms with Crippen LogP contribution in [-0.2, 0) is 16.1 Å². The Balaban J connectivity index is 2.01. The second-order valence-electron chi connectivity index (χ2n) is 4.43. The van der Waals surface area contributed by atoms with Gasteiger partial charge in [-0.3, -0.25) is 0 Å². The summed E-state index contributed by atoms with van der Waals surface area (Å²) < 4.78 is 46.6. The third-order valence-corrected chi connectivity index (χ3v) is 2.57. The largest absolute Gasteiger partial charge is 0.389 e. The summed E-state index contributed by atoms with van der Waals surface area (Å²) in [6.45, 7) is 0.302. The fourth-order valence-corrected chi connectivity index (χ4v) is 1.56. The molecular weight excluding hydrogens is 287 g/mol. The molecule has 0 aliphatic rings. The van der Waals surface area contributed by atoms with Gasteiger partial charge in [-0.05, 0) is 6.07 Å². The van der Waals surface area contributed by atoms with Crippen molar-refractivity contribution < 1.29 is 27.8 Å². The number of aliphatic hydroxyl groups is 1. The van der Waals surface area contributed by atoms with Crippen molar-refractivity contribution in [3.8, 4) is 0 Å². The van der Waals surface area contributed by atoms with Gasteiger partial charge < -0.3 is 19.9 Å². The molecule has 1 atom stereocenters. The molecule has 1 aromatic carbocycles. The van der Waals surface area contributed by atoms with Crippen LogP contribution in [0.5, 0.6) is 0 Å². The van der Waals surface area contributed by atoms with E-state index in [1.165, 1.54) is 6.07 Å². The Morgan fingerprint density at radius 3 is 2.62 bits per heavy atom. The zero-order valence-electron chi connectivity index (χ0n) is 11.6. The van der Waals surface area contributed by atoms with Gasteiger partial charge in [-0.15, -0.1) is 0 Å². The number of alkyl halides is 2. The van der Waals surface area contributed by atoms with Crippen LogP contribution >= 0.6 is 0 Å². The Hall–Kier alpha value is -1.15. The molecule has 0 amide bonds. The number of aliphatic hydroxyl groups excluding tert-OH is 1. The molecule has 1 unspecified atom stereocenters. The van der Waals surface area contributed by atoms with E-state index in [4.69, 9.17) is 4.74 Å². The minimum atomic E-state index is -2.47. The summed E-state index contributed by atoms with van der Waals surface area (Å²) >= 11 is 0. The first kappa shape index (κ1) is 17.9. The molecule has 0 aliphatic heterocycles. The molecule has 0 spiro atoms. The third kappa shape index (κ3) is 8.67. The predicted molar refractivity (Wildman–Crippen MR) is 71.8 cm³/mol. The molecule has 4 nitrogen and oxygen atoms in total. The summed E-state index contributed by atoms with van der Waals surface area (Å²) in [5.41, 5.74) is 0.429. The maximum atomic E-state index is 13.3. The normalized spacial score (nSPS) is 12.8. The van der Waals surface area contributed by atoms with Gasteiger partial charge in [0.25, 0.3) is 6.43 Å².